The van der Waals surface area contributed by atoms with Gasteiger partial charge in [-0.3, -0.25) is 15.1 Å². The number of rotatable bonds is 12. The van der Waals surface area contributed by atoms with Crippen LogP contribution >= 0.6 is 11.3 Å². The molecule has 3 aromatic carbocycles. The van der Waals surface area contributed by atoms with Crippen molar-refractivity contribution in [1.29, 1.82) is 0 Å². The summed E-state index contributed by atoms with van der Waals surface area (Å²) >= 11 is 1.84. The Bertz CT molecular complexity index is 1330. The van der Waals surface area contributed by atoms with Crippen LogP contribution in [0.15, 0.2) is 72.8 Å². The summed E-state index contributed by atoms with van der Waals surface area (Å²) in [6, 6.07) is 25.4. The number of benzene rings is 3. The molecule has 1 aromatic heterocycles. The van der Waals surface area contributed by atoms with Crippen LogP contribution in [0.25, 0.3) is 20.5 Å². The fourth-order valence-corrected chi connectivity index (χ4v) is 6.14. The number of nitrogens with two attached hydrogens (primary N) is 1. The summed E-state index contributed by atoms with van der Waals surface area (Å²) in [6.07, 6.45) is 4.43. The van der Waals surface area contributed by atoms with Gasteiger partial charge in [0.1, 0.15) is 18.1 Å². The number of carbonyl (C=O) groups excluding carboxylic acids is 1. The van der Waals surface area contributed by atoms with E-state index in [9.17, 15) is 4.79 Å². The molecule has 198 valence electrons. The topological polar surface area (TPSA) is 76.8 Å². The first kappa shape index (κ1) is 26.2. The Morgan fingerprint density at radius 2 is 1.58 bits per heavy atom. The van der Waals surface area contributed by atoms with Crippen LogP contribution in [0, 0.1) is 0 Å². The summed E-state index contributed by atoms with van der Waals surface area (Å²) in [5, 5.41) is 1.30. The van der Waals surface area contributed by atoms with Crippen LogP contribution < -0.4 is 20.7 Å². The number of amides is 1. The fourth-order valence-electron chi connectivity index (χ4n) is 4.91. The minimum absolute atomic E-state index is 0.178. The van der Waals surface area contributed by atoms with Crippen LogP contribution in [-0.2, 0) is 11.2 Å². The lowest BCUT2D eigenvalue weighted by atomic mass is 9.99. The lowest BCUT2D eigenvalue weighted by molar-refractivity contribution is -0.121. The molecule has 0 spiro atoms. The van der Waals surface area contributed by atoms with Gasteiger partial charge in [-0.25, -0.2) is 5.84 Å². The van der Waals surface area contributed by atoms with Crippen molar-refractivity contribution in [3.8, 4) is 21.9 Å². The molecule has 38 heavy (non-hydrogen) atoms. The Morgan fingerprint density at radius 3 is 2.32 bits per heavy atom. The number of nitrogens with one attached hydrogen (secondary N) is 1. The zero-order chi connectivity index (χ0) is 26.2. The highest BCUT2D eigenvalue weighted by Gasteiger charge is 2.15. The first-order chi connectivity index (χ1) is 18.7. The molecule has 0 saturated carbocycles. The number of likely N-dealkylation sites (tertiary alicyclic amines) is 1. The maximum atomic E-state index is 11.2. The predicted molar refractivity (Wildman–Crippen MR) is 155 cm³/mol. The van der Waals surface area contributed by atoms with E-state index in [1.165, 1.54) is 57.6 Å². The number of thiophene rings is 1. The Kier molecular flexibility index (Phi) is 8.91. The lowest BCUT2D eigenvalue weighted by Crippen LogP contribution is -2.29. The molecule has 0 radical (unpaired) electrons. The summed E-state index contributed by atoms with van der Waals surface area (Å²) in [5.41, 5.74) is 5.93. The molecule has 1 saturated heterocycles. The van der Waals surface area contributed by atoms with Crippen LogP contribution in [0.5, 0.6) is 11.5 Å². The van der Waals surface area contributed by atoms with Gasteiger partial charge in [-0.1, -0.05) is 30.3 Å². The highest BCUT2D eigenvalue weighted by molar-refractivity contribution is 7.22. The Balaban J connectivity index is 1.26. The molecule has 0 bridgehead atoms. The van der Waals surface area contributed by atoms with Crippen molar-refractivity contribution in [2.24, 2.45) is 5.84 Å². The van der Waals surface area contributed by atoms with Crippen molar-refractivity contribution in [2.45, 2.75) is 32.1 Å². The molecule has 5 rings (SSSR count). The van der Waals surface area contributed by atoms with Gasteiger partial charge in [0.2, 0.25) is 5.91 Å². The smallest absolute Gasteiger partial charge is 0.234 e. The second-order valence-electron chi connectivity index (χ2n) is 9.67. The summed E-state index contributed by atoms with van der Waals surface area (Å²) < 4.78 is 13.1. The summed E-state index contributed by atoms with van der Waals surface area (Å²) in [4.78, 5) is 15.0. The number of hydrogen-bond donors (Lipinski definition) is 2. The molecule has 3 N–H and O–H groups in total. The van der Waals surface area contributed by atoms with Crippen LogP contribution in [0.2, 0.25) is 0 Å². The van der Waals surface area contributed by atoms with Crippen molar-refractivity contribution >= 4 is 27.3 Å². The maximum absolute atomic E-state index is 11.2. The van der Waals surface area contributed by atoms with Gasteiger partial charge in [0.25, 0.3) is 0 Å². The van der Waals surface area contributed by atoms with E-state index in [1.807, 2.05) is 23.5 Å². The van der Waals surface area contributed by atoms with Gasteiger partial charge in [-0.05, 0) is 103 Å². The third-order valence-electron chi connectivity index (χ3n) is 6.97. The van der Waals surface area contributed by atoms with E-state index in [0.29, 0.717) is 19.4 Å². The standard InChI is InChI=1S/C31H35N3O3S/c32-33-30(35)8-5-20-36-25-13-9-23(10-14-25)22-28-27-6-1-2-7-29(27)38-31(28)24-11-15-26(16-12-24)37-21-19-34-17-3-4-18-34/h1-2,6-7,9-16H,3-5,8,17-22,32H2,(H,33,35). The highest BCUT2D eigenvalue weighted by atomic mass is 32.1. The third kappa shape index (κ3) is 6.72. The molecule has 1 amide bonds. The van der Waals surface area contributed by atoms with Crippen LogP contribution in [0.1, 0.15) is 36.8 Å². The number of nitrogens with zero attached hydrogens (tertiary/aromatic N) is 1. The number of ether oxygens (including phenoxy) is 2. The fraction of sp³-hybridized carbons (Fsp3) is 0.323. The van der Waals surface area contributed by atoms with E-state index in [-0.39, 0.29) is 5.91 Å². The molecule has 1 aliphatic rings. The summed E-state index contributed by atoms with van der Waals surface area (Å²) in [6.45, 7) is 4.60. The minimum Gasteiger partial charge on any atom is -0.494 e. The zero-order valence-electron chi connectivity index (χ0n) is 21.7. The Hall–Kier alpha value is -3.39. The molecule has 0 unspecified atom stereocenters. The SMILES string of the molecule is NNC(=O)CCCOc1ccc(Cc2c(-c3ccc(OCCN4CCCC4)cc3)sc3ccccc23)cc1. The van der Waals surface area contributed by atoms with Gasteiger partial charge in [0.05, 0.1) is 6.61 Å². The average molecular weight is 530 g/mol. The molecule has 1 fully saturated rings. The second kappa shape index (κ2) is 12.9. The third-order valence-corrected chi connectivity index (χ3v) is 8.23. The van der Waals surface area contributed by atoms with Gasteiger partial charge in [0, 0.05) is 22.5 Å². The van der Waals surface area contributed by atoms with E-state index in [0.717, 1.165) is 31.1 Å². The largest absolute Gasteiger partial charge is 0.494 e. The number of carbonyl (C=O) groups is 1. The minimum atomic E-state index is -0.178. The molecular formula is C31H35N3O3S. The van der Waals surface area contributed by atoms with E-state index >= 15 is 0 Å². The molecule has 0 atom stereocenters. The monoisotopic (exact) mass is 529 g/mol. The molecular weight excluding hydrogens is 494 g/mol. The van der Waals surface area contributed by atoms with Gasteiger partial charge < -0.3 is 9.47 Å². The van der Waals surface area contributed by atoms with E-state index in [2.05, 4.69) is 71.0 Å². The van der Waals surface area contributed by atoms with Crippen molar-refractivity contribution in [3.63, 3.8) is 0 Å². The van der Waals surface area contributed by atoms with E-state index < -0.39 is 0 Å². The van der Waals surface area contributed by atoms with Crippen LogP contribution in [0.4, 0.5) is 0 Å². The molecule has 0 aliphatic carbocycles. The first-order valence-electron chi connectivity index (χ1n) is 13.4. The van der Waals surface area contributed by atoms with Crippen molar-refractivity contribution in [3.05, 3.63) is 83.9 Å². The number of fused-ring (bicyclic) bond motifs is 1. The number of hydrazine groups is 1. The predicted octanol–water partition coefficient (Wildman–Crippen LogP) is 5.78. The molecule has 7 heteroatoms. The summed E-state index contributed by atoms with van der Waals surface area (Å²) in [7, 11) is 0. The lowest BCUT2D eigenvalue weighted by Gasteiger charge is -2.15. The second-order valence-corrected chi connectivity index (χ2v) is 10.7. The van der Waals surface area contributed by atoms with E-state index in [4.69, 9.17) is 15.3 Å². The van der Waals surface area contributed by atoms with Gasteiger partial charge in [-0.2, -0.15) is 0 Å². The van der Waals surface area contributed by atoms with Crippen LogP contribution in [-0.4, -0.2) is 43.7 Å². The maximum Gasteiger partial charge on any atom is 0.234 e. The Labute approximate surface area is 228 Å². The van der Waals surface area contributed by atoms with Gasteiger partial charge in [0.15, 0.2) is 0 Å². The quantitative estimate of drug-likeness (QED) is 0.105. The number of hydrogen-bond acceptors (Lipinski definition) is 6. The van der Waals surface area contributed by atoms with E-state index in [1.54, 1.807) is 0 Å². The van der Waals surface area contributed by atoms with Crippen molar-refractivity contribution < 1.29 is 14.3 Å². The molecule has 4 aromatic rings. The Morgan fingerprint density at radius 1 is 0.895 bits per heavy atom. The first-order valence-corrected chi connectivity index (χ1v) is 14.2. The average Bonchev–Trinajstić information content (AvgIpc) is 3.60. The molecule has 2 heterocycles. The zero-order valence-corrected chi connectivity index (χ0v) is 22.5. The molecule has 6 nitrogen and oxygen atoms in total. The highest BCUT2D eigenvalue weighted by Crippen LogP contribution is 2.40. The van der Waals surface area contributed by atoms with Gasteiger partial charge in [-0.15, -0.1) is 11.3 Å². The van der Waals surface area contributed by atoms with Crippen molar-refractivity contribution in [1.82, 2.24) is 10.3 Å². The van der Waals surface area contributed by atoms with Gasteiger partial charge >= 0.3 is 0 Å². The van der Waals surface area contributed by atoms with Crippen molar-refractivity contribution in [2.75, 3.05) is 32.8 Å². The normalized spacial score (nSPS) is 13.6. The summed E-state index contributed by atoms with van der Waals surface area (Å²) in [5.74, 6) is 6.67. The molecule has 1 aliphatic heterocycles. The van der Waals surface area contributed by atoms with Crippen LogP contribution in [0.3, 0.4) is 0 Å².